The van der Waals surface area contributed by atoms with Crippen LogP contribution in [0.5, 0.6) is 0 Å². The van der Waals surface area contributed by atoms with E-state index in [9.17, 15) is 9.59 Å². The Morgan fingerprint density at radius 1 is 0.864 bits per heavy atom. The van der Waals surface area contributed by atoms with Crippen molar-refractivity contribution in [2.45, 2.75) is 39.9 Å². The number of aryl methyl sites for hydroxylation is 2. The van der Waals surface area contributed by atoms with Crippen LogP contribution in [0.2, 0.25) is 0 Å². The Kier molecular flexibility index (Phi) is 6.52. The summed E-state index contributed by atoms with van der Waals surface area (Å²) in [5.74, 6) is -0.426. The quantitative estimate of drug-likeness (QED) is 0.845. The normalized spacial score (nSPS) is 13.4. The zero-order valence-electron chi connectivity index (χ0n) is 13.9. The molecule has 1 aromatic rings. The molecular formula is C16H24N2O4. The second kappa shape index (κ2) is 7.91. The molecule has 6 nitrogen and oxygen atoms in total. The topological polar surface area (TPSA) is 76.7 Å². The first-order chi connectivity index (χ1) is 10.3. The predicted octanol–water partition coefficient (Wildman–Crippen LogP) is 2.25. The minimum Gasteiger partial charge on any atom is -0.372 e. The zero-order chi connectivity index (χ0) is 16.9. The van der Waals surface area contributed by atoms with E-state index in [-0.39, 0.29) is 11.8 Å². The Bertz CT molecular complexity index is 508. The minimum absolute atomic E-state index is 0.213. The van der Waals surface area contributed by atoms with Crippen molar-refractivity contribution in [1.82, 2.24) is 0 Å². The molecule has 0 aromatic heterocycles. The Balaban J connectivity index is 2.92. The summed E-state index contributed by atoms with van der Waals surface area (Å²) in [6, 6.07) is 3.64. The first-order valence-electron chi connectivity index (χ1n) is 7.08. The highest BCUT2D eigenvalue weighted by atomic mass is 16.5. The molecule has 0 fully saturated rings. The molecule has 0 aliphatic carbocycles. The lowest BCUT2D eigenvalue weighted by Gasteiger charge is -2.17. The maximum absolute atomic E-state index is 11.9. The standard InChI is InChI=1S/C16H24N2O4/c1-9-7-14(18-16(20)12(4)22-6)10(2)8-13(9)17-15(19)11(3)21-5/h7-8,11-12H,1-6H3,(H,17,19)(H,18,20)/t11-,12+. The van der Waals surface area contributed by atoms with Gasteiger partial charge in [-0.1, -0.05) is 0 Å². The first kappa shape index (κ1) is 18.1. The van der Waals surface area contributed by atoms with E-state index in [1.807, 2.05) is 26.0 Å². The number of ether oxygens (including phenoxy) is 2. The van der Waals surface area contributed by atoms with Gasteiger partial charge in [-0.3, -0.25) is 9.59 Å². The van der Waals surface area contributed by atoms with Crippen LogP contribution < -0.4 is 10.6 Å². The average molecular weight is 308 g/mol. The van der Waals surface area contributed by atoms with E-state index in [1.165, 1.54) is 14.2 Å². The number of rotatable bonds is 6. The van der Waals surface area contributed by atoms with Gasteiger partial charge < -0.3 is 20.1 Å². The van der Waals surface area contributed by atoms with Crippen LogP contribution in [-0.4, -0.2) is 38.2 Å². The van der Waals surface area contributed by atoms with Gasteiger partial charge in [0.25, 0.3) is 11.8 Å². The molecule has 6 heteroatoms. The van der Waals surface area contributed by atoms with Crippen LogP contribution >= 0.6 is 0 Å². The molecule has 0 saturated heterocycles. The van der Waals surface area contributed by atoms with Crippen molar-refractivity contribution >= 4 is 23.2 Å². The first-order valence-corrected chi connectivity index (χ1v) is 7.08. The van der Waals surface area contributed by atoms with Crippen LogP contribution in [0.1, 0.15) is 25.0 Å². The van der Waals surface area contributed by atoms with Crippen molar-refractivity contribution in [1.29, 1.82) is 0 Å². The Labute approximate surface area is 131 Å². The Hall–Kier alpha value is -1.92. The number of benzene rings is 1. The molecule has 0 aliphatic heterocycles. The molecule has 0 spiro atoms. The summed E-state index contributed by atoms with van der Waals surface area (Å²) in [4.78, 5) is 23.8. The molecule has 1 rings (SSSR count). The fraction of sp³-hybridized carbons (Fsp3) is 0.500. The van der Waals surface area contributed by atoms with Crippen molar-refractivity contribution in [3.05, 3.63) is 23.3 Å². The number of carbonyl (C=O) groups is 2. The molecule has 0 aliphatic rings. The van der Waals surface area contributed by atoms with Crippen LogP contribution in [0.3, 0.4) is 0 Å². The predicted molar refractivity (Wildman–Crippen MR) is 86.1 cm³/mol. The maximum Gasteiger partial charge on any atom is 0.253 e. The monoisotopic (exact) mass is 308 g/mol. The lowest BCUT2D eigenvalue weighted by atomic mass is 10.1. The van der Waals surface area contributed by atoms with E-state index < -0.39 is 12.2 Å². The van der Waals surface area contributed by atoms with Gasteiger partial charge in [0, 0.05) is 25.6 Å². The third kappa shape index (κ3) is 4.54. The van der Waals surface area contributed by atoms with Gasteiger partial charge in [0.05, 0.1) is 0 Å². The molecule has 0 radical (unpaired) electrons. The van der Waals surface area contributed by atoms with Gasteiger partial charge in [-0.15, -0.1) is 0 Å². The number of nitrogens with one attached hydrogen (secondary N) is 2. The minimum atomic E-state index is -0.526. The van der Waals surface area contributed by atoms with Gasteiger partial charge in [0.1, 0.15) is 12.2 Å². The largest absolute Gasteiger partial charge is 0.372 e. The molecular weight excluding hydrogens is 284 g/mol. The fourth-order valence-electron chi connectivity index (χ4n) is 1.77. The third-order valence-electron chi connectivity index (χ3n) is 3.53. The highest BCUT2D eigenvalue weighted by molar-refractivity contribution is 5.97. The van der Waals surface area contributed by atoms with Gasteiger partial charge in [-0.05, 0) is 51.0 Å². The second-order valence-electron chi connectivity index (χ2n) is 5.22. The third-order valence-corrected chi connectivity index (χ3v) is 3.53. The molecule has 2 N–H and O–H groups in total. The van der Waals surface area contributed by atoms with Crippen LogP contribution in [-0.2, 0) is 19.1 Å². The number of hydrogen-bond donors (Lipinski definition) is 2. The Morgan fingerprint density at radius 2 is 1.18 bits per heavy atom. The van der Waals surface area contributed by atoms with Crippen LogP contribution in [0.15, 0.2) is 12.1 Å². The number of methoxy groups -OCH3 is 2. The highest BCUT2D eigenvalue weighted by Gasteiger charge is 2.16. The maximum atomic E-state index is 11.9. The Morgan fingerprint density at radius 3 is 1.45 bits per heavy atom. The van der Waals surface area contributed by atoms with Crippen LogP contribution in [0, 0.1) is 13.8 Å². The molecule has 2 amide bonds. The van der Waals surface area contributed by atoms with Gasteiger partial charge in [0.15, 0.2) is 0 Å². The lowest BCUT2D eigenvalue weighted by Crippen LogP contribution is -2.28. The van der Waals surface area contributed by atoms with Crippen molar-refractivity contribution in [3.8, 4) is 0 Å². The molecule has 2 atom stereocenters. The van der Waals surface area contributed by atoms with Crippen LogP contribution in [0.4, 0.5) is 11.4 Å². The summed E-state index contributed by atoms with van der Waals surface area (Å²) in [6.07, 6.45) is -1.05. The van der Waals surface area contributed by atoms with E-state index in [0.29, 0.717) is 11.4 Å². The summed E-state index contributed by atoms with van der Waals surface area (Å²) < 4.78 is 9.97. The van der Waals surface area contributed by atoms with E-state index in [2.05, 4.69) is 10.6 Å². The van der Waals surface area contributed by atoms with Crippen LogP contribution in [0.25, 0.3) is 0 Å². The molecule has 0 saturated carbocycles. The summed E-state index contributed by atoms with van der Waals surface area (Å²) in [7, 11) is 2.97. The second-order valence-corrected chi connectivity index (χ2v) is 5.22. The number of anilines is 2. The fourth-order valence-corrected chi connectivity index (χ4v) is 1.77. The summed E-state index contributed by atoms with van der Waals surface area (Å²) in [5, 5.41) is 5.63. The van der Waals surface area contributed by atoms with E-state index in [1.54, 1.807) is 13.8 Å². The summed E-state index contributed by atoms with van der Waals surface area (Å²) in [5.41, 5.74) is 3.10. The van der Waals surface area contributed by atoms with Crippen molar-refractivity contribution in [3.63, 3.8) is 0 Å². The van der Waals surface area contributed by atoms with E-state index in [0.717, 1.165) is 11.1 Å². The number of hydrogen-bond acceptors (Lipinski definition) is 4. The average Bonchev–Trinajstić information content (AvgIpc) is 2.50. The molecule has 0 unspecified atom stereocenters. The molecule has 1 aromatic carbocycles. The summed E-state index contributed by atoms with van der Waals surface area (Å²) >= 11 is 0. The van der Waals surface area contributed by atoms with Gasteiger partial charge in [-0.2, -0.15) is 0 Å². The van der Waals surface area contributed by atoms with Gasteiger partial charge >= 0.3 is 0 Å². The van der Waals surface area contributed by atoms with E-state index in [4.69, 9.17) is 9.47 Å². The number of amides is 2. The number of carbonyl (C=O) groups excluding carboxylic acids is 2. The van der Waals surface area contributed by atoms with E-state index >= 15 is 0 Å². The van der Waals surface area contributed by atoms with Gasteiger partial charge in [-0.25, -0.2) is 0 Å². The highest BCUT2D eigenvalue weighted by Crippen LogP contribution is 2.25. The molecule has 122 valence electrons. The summed E-state index contributed by atoms with van der Waals surface area (Å²) in [6.45, 7) is 7.08. The van der Waals surface area contributed by atoms with Crippen molar-refractivity contribution in [2.75, 3.05) is 24.9 Å². The molecule has 0 heterocycles. The van der Waals surface area contributed by atoms with Gasteiger partial charge in [0.2, 0.25) is 0 Å². The SMILES string of the molecule is CO[C@@H](C)C(=O)Nc1cc(C)c(NC(=O)[C@@H](C)OC)cc1C. The zero-order valence-corrected chi connectivity index (χ0v) is 13.9. The lowest BCUT2D eigenvalue weighted by molar-refractivity contribution is -0.125. The van der Waals surface area contributed by atoms with Crippen molar-refractivity contribution in [2.24, 2.45) is 0 Å². The smallest absolute Gasteiger partial charge is 0.253 e. The molecule has 0 bridgehead atoms. The molecule has 22 heavy (non-hydrogen) atoms. The van der Waals surface area contributed by atoms with Crippen molar-refractivity contribution < 1.29 is 19.1 Å².